The van der Waals surface area contributed by atoms with E-state index in [4.69, 9.17) is 4.98 Å². The van der Waals surface area contributed by atoms with E-state index >= 15 is 0 Å². The van der Waals surface area contributed by atoms with Gasteiger partial charge in [-0.2, -0.15) is 4.98 Å². The Morgan fingerprint density at radius 2 is 1.93 bits per heavy atom. The van der Waals surface area contributed by atoms with Crippen molar-refractivity contribution in [2.75, 3.05) is 29.1 Å². The van der Waals surface area contributed by atoms with E-state index in [1.807, 2.05) is 25.1 Å². The van der Waals surface area contributed by atoms with Gasteiger partial charge < -0.3 is 10.2 Å². The Kier molecular flexibility index (Phi) is 6.30. The Morgan fingerprint density at radius 3 is 2.69 bits per heavy atom. The maximum atomic E-state index is 12.4. The fourth-order valence-corrected chi connectivity index (χ4v) is 5.31. The van der Waals surface area contributed by atoms with Crippen molar-refractivity contribution in [2.45, 2.75) is 44.6 Å². The highest BCUT2D eigenvalue weighted by Crippen LogP contribution is 2.34. The Balaban J connectivity index is 1.44. The molecule has 0 saturated carbocycles. The van der Waals surface area contributed by atoms with Crippen LogP contribution in [0.15, 0.2) is 29.6 Å². The monoisotopic (exact) mass is 427 g/mol. The maximum absolute atomic E-state index is 12.4. The number of carbonyl (C=O) groups excluding carboxylic acids is 1. The number of nitrogens with one attached hydrogen (secondary N) is 1. The zero-order valence-electron chi connectivity index (χ0n) is 16.8. The molecule has 1 N–H and O–H groups in total. The van der Waals surface area contributed by atoms with Gasteiger partial charge in [-0.1, -0.05) is 42.0 Å². The van der Waals surface area contributed by atoms with Gasteiger partial charge in [0.2, 0.25) is 5.91 Å². The van der Waals surface area contributed by atoms with E-state index in [0.717, 1.165) is 39.3 Å². The molecule has 8 heteroatoms. The summed E-state index contributed by atoms with van der Waals surface area (Å²) in [5.41, 5.74) is 3.93. The summed E-state index contributed by atoms with van der Waals surface area (Å²) in [6.07, 6.45) is 6.54. The average Bonchev–Trinajstić information content (AvgIpc) is 2.96. The van der Waals surface area contributed by atoms with Crippen LogP contribution in [0, 0.1) is 13.8 Å². The molecule has 1 aliphatic rings. The molecular weight excluding hydrogens is 402 g/mol. The lowest BCUT2D eigenvalue weighted by molar-refractivity contribution is -0.113. The molecule has 29 heavy (non-hydrogen) atoms. The summed E-state index contributed by atoms with van der Waals surface area (Å²) in [5, 5.41) is 4.81. The number of hydrogen-bond donors (Lipinski definition) is 1. The number of rotatable bonds is 5. The minimum Gasteiger partial charge on any atom is -0.348 e. The van der Waals surface area contributed by atoms with Gasteiger partial charge in [0.1, 0.15) is 16.1 Å². The van der Waals surface area contributed by atoms with Crippen LogP contribution in [0.3, 0.4) is 0 Å². The third kappa shape index (κ3) is 4.87. The number of thioether (sulfide) groups is 1. The third-order valence-corrected chi connectivity index (χ3v) is 7.39. The summed E-state index contributed by atoms with van der Waals surface area (Å²) in [4.78, 5) is 28.3. The summed E-state index contributed by atoms with van der Waals surface area (Å²) in [6, 6.07) is 5.95. The van der Waals surface area contributed by atoms with Gasteiger partial charge in [0.05, 0.1) is 5.75 Å². The molecule has 1 aliphatic heterocycles. The topological polar surface area (TPSA) is 71.0 Å². The van der Waals surface area contributed by atoms with Gasteiger partial charge >= 0.3 is 0 Å². The number of hydrogen-bond acceptors (Lipinski definition) is 7. The summed E-state index contributed by atoms with van der Waals surface area (Å²) < 4.78 is 0.968. The van der Waals surface area contributed by atoms with Crippen LogP contribution in [0.2, 0.25) is 0 Å². The van der Waals surface area contributed by atoms with E-state index in [2.05, 4.69) is 27.1 Å². The normalized spacial score (nSPS) is 14.8. The summed E-state index contributed by atoms with van der Waals surface area (Å²) in [5.74, 6) is 0.262. The van der Waals surface area contributed by atoms with Gasteiger partial charge in [-0.15, -0.1) is 0 Å². The van der Waals surface area contributed by atoms with Crippen LogP contribution in [-0.2, 0) is 4.79 Å². The lowest BCUT2D eigenvalue weighted by atomic mass is 10.1. The molecule has 0 bridgehead atoms. The number of nitrogens with zero attached hydrogens (tertiary/aromatic N) is 4. The first-order chi connectivity index (χ1) is 14.1. The number of amides is 1. The summed E-state index contributed by atoms with van der Waals surface area (Å²) >= 11 is 3.07. The lowest BCUT2D eigenvalue weighted by Gasteiger charge is -2.18. The third-order valence-electron chi connectivity index (χ3n) is 5.15. The molecule has 152 valence electrons. The molecule has 1 saturated heterocycles. The second kappa shape index (κ2) is 9.09. The minimum atomic E-state index is -0.0396. The molecule has 1 aromatic carbocycles. The lowest BCUT2D eigenvalue weighted by Crippen LogP contribution is -2.23. The first-order valence-corrected chi connectivity index (χ1v) is 11.8. The quantitative estimate of drug-likeness (QED) is 0.465. The van der Waals surface area contributed by atoms with Crippen LogP contribution in [0.5, 0.6) is 0 Å². The molecule has 0 spiro atoms. The van der Waals surface area contributed by atoms with Gasteiger partial charge in [-0.25, -0.2) is 9.97 Å². The number of anilines is 2. The van der Waals surface area contributed by atoms with Gasteiger partial charge in [0.15, 0.2) is 10.8 Å². The number of aryl methyl sites for hydroxylation is 2. The van der Waals surface area contributed by atoms with Crippen LogP contribution >= 0.6 is 23.1 Å². The molecule has 3 aromatic rings. The molecule has 1 amide bonds. The van der Waals surface area contributed by atoms with Crippen molar-refractivity contribution in [1.82, 2.24) is 15.0 Å². The maximum Gasteiger partial charge on any atom is 0.234 e. The zero-order valence-corrected chi connectivity index (χ0v) is 18.4. The molecular formula is C21H25N5OS2. The first kappa shape index (κ1) is 20.1. The standard InChI is InChI=1S/C21H25N5OS2/c1-14-7-8-16(11-15(14)2)24-17(27)12-28-20-18-19(22-13-23-20)25-21(29-18)26-9-5-3-4-6-10-26/h7-8,11,13H,3-6,9-10,12H2,1-2H3,(H,24,27). The molecule has 0 atom stereocenters. The Bertz CT molecular complexity index is 1010. The second-order valence-electron chi connectivity index (χ2n) is 7.37. The van der Waals surface area contributed by atoms with E-state index in [0.29, 0.717) is 5.75 Å². The predicted octanol–water partition coefficient (Wildman–Crippen LogP) is 4.81. The van der Waals surface area contributed by atoms with Crippen molar-refractivity contribution in [2.24, 2.45) is 0 Å². The van der Waals surface area contributed by atoms with Crippen molar-refractivity contribution in [3.63, 3.8) is 0 Å². The van der Waals surface area contributed by atoms with Crippen LogP contribution in [0.25, 0.3) is 10.3 Å². The Labute approximate surface area is 179 Å². The van der Waals surface area contributed by atoms with Crippen molar-refractivity contribution in [1.29, 1.82) is 0 Å². The number of thiazole rings is 1. The largest absolute Gasteiger partial charge is 0.348 e. The molecule has 0 aliphatic carbocycles. The smallest absolute Gasteiger partial charge is 0.234 e. The van der Waals surface area contributed by atoms with Crippen molar-refractivity contribution < 1.29 is 4.79 Å². The minimum absolute atomic E-state index is 0.0396. The fourth-order valence-electron chi connectivity index (χ4n) is 3.37. The molecule has 0 unspecified atom stereocenters. The highest BCUT2D eigenvalue weighted by Gasteiger charge is 2.18. The van der Waals surface area contributed by atoms with Gasteiger partial charge in [0.25, 0.3) is 0 Å². The number of fused-ring (bicyclic) bond motifs is 1. The average molecular weight is 428 g/mol. The highest BCUT2D eigenvalue weighted by atomic mass is 32.2. The zero-order chi connectivity index (χ0) is 20.2. The predicted molar refractivity (Wildman–Crippen MR) is 121 cm³/mol. The molecule has 0 radical (unpaired) electrons. The molecule has 3 heterocycles. The summed E-state index contributed by atoms with van der Waals surface area (Å²) in [7, 11) is 0. The van der Waals surface area contributed by atoms with Crippen LogP contribution in [-0.4, -0.2) is 39.7 Å². The number of benzene rings is 1. The fraction of sp³-hybridized carbons (Fsp3) is 0.429. The van der Waals surface area contributed by atoms with Crippen molar-refractivity contribution >= 4 is 50.2 Å². The molecule has 4 rings (SSSR count). The van der Waals surface area contributed by atoms with E-state index in [1.165, 1.54) is 54.9 Å². The molecule has 1 fully saturated rings. The van der Waals surface area contributed by atoms with Gasteiger partial charge in [-0.05, 0) is 49.9 Å². The second-order valence-corrected chi connectivity index (χ2v) is 9.31. The van der Waals surface area contributed by atoms with Crippen LogP contribution in [0.1, 0.15) is 36.8 Å². The van der Waals surface area contributed by atoms with E-state index in [1.54, 1.807) is 11.3 Å². The molecule has 2 aromatic heterocycles. The van der Waals surface area contributed by atoms with E-state index in [-0.39, 0.29) is 5.91 Å². The highest BCUT2D eigenvalue weighted by molar-refractivity contribution is 8.00. The van der Waals surface area contributed by atoms with Crippen molar-refractivity contribution in [3.8, 4) is 0 Å². The Hall–Kier alpha value is -2.19. The molecule has 6 nitrogen and oxygen atoms in total. The van der Waals surface area contributed by atoms with Gasteiger partial charge in [-0.3, -0.25) is 4.79 Å². The SMILES string of the molecule is Cc1ccc(NC(=O)CSc2ncnc3nc(N4CCCCCC4)sc23)cc1C. The van der Waals surface area contributed by atoms with Crippen molar-refractivity contribution in [3.05, 3.63) is 35.7 Å². The van der Waals surface area contributed by atoms with Crippen LogP contribution < -0.4 is 10.2 Å². The number of aromatic nitrogens is 3. The van der Waals surface area contributed by atoms with Gasteiger partial charge in [0, 0.05) is 18.8 Å². The summed E-state index contributed by atoms with van der Waals surface area (Å²) in [6.45, 7) is 6.21. The van der Waals surface area contributed by atoms with Crippen LogP contribution in [0.4, 0.5) is 10.8 Å². The van der Waals surface area contributed by atoms with E-state index < -0.39 is 0 Å². The first-order valence-electron chi connectivity index (χ1n) is 9.96. The van der Waals surface area contributed by atoms with E-state index in [9.17, 15) is 4.79 Å². The number of carbonyl (C=O) groups is 1. The Morgan fingerprint density at radius 1 is 1.14 bits per heavy atom.